The highest BCUT2D eigenvalue weighted by atomic mass is 79.9. The number of hydrogen-bond acceptors (Lipinski definition) is 4. The molecule has 0 saturated heterocycles. The minimum absolute atomic E-state index is 0.0959. The molecular weight excluding hydrogens is 501 g/mol. The third-order valence-corrected chi connectivity index (χ3v) is 5.09. The van der Waals surface area contributed by atoms with Crippen LogP contribution in [0.1, 0.15) is 21.5 Å². The molecule has 1 N–H and O–H groups in total. The van der Waals surface area contributed by atoms with Gasteiger partial charge in [-0.1, -0.05) is 62.9 Å². The first-order valence-corrected chi connectivity index (χ1v) is 10.2. The number of nitrogens with zero attached hydrogens (tertiary/aromatic N) is 2. The summed E-state index contributed by atoms with van der Waals surface area (Å²) in [5.74, 6) is -0.106. The molecule has 0 aliphatic rings. The van der Waals surface area contributed by atoms with Crippen molar-refractivity contribution in [3.05, 3.63) is 91.1 Å². The van der Waals surface area contributed by atoms with Gasteiger partial charge in [-0.25, -0.2) is 10.4 Å². The molecule has 148 valence electrons. The quantitative estimate of drug-likeness (QED) is 0.244. The van der Waals surface area contributed by atoms with Crippen LogP contribution in [0.4, 0.5) is 0 Å². The van der Waals surface area contributed by atoms with Crippen LogP contribution >= 0.6 is 50.7 Å². The number of benzene rings is 2. The highest BCUT2D eigenvalue weighted by molar-refractivity contribution is 9.10. The number of nitrogens with one attached hydrogen (secondary N) is 1. The Bertz CT molecular complexity index is 1040. The predicted molar refractivity (Wildman–Crippen MR) is 119 cm³/mol. The maximum atomic E-state index is 12.1. The summed E-state index contributed by atoms with van der Waals surface area (Å²) in [6.45, 7) is 0.322. The Labute approximate surface area is 190 Å². The van der Waals surface area contributed by atoms with E-state index in [1.54, 1.807) is 24.3 Å². The Kier molecular flexibility index (Phi) is 7.50. The molecule has 2 aromatic carbocycles. The first-order chi connectivity index (χ1) is 13.9. The van der Waals surface area contributed by atoms with Gasteiger partial charge in [0.2, 0.25) is 0 Å². The molecule has 0 spiro atoms. The van der Waals surface area contributed by atoms with E-state index in [1.807, 2.05) is 24.3 Å². The Hall–Kier alpha value is -2.12. The molecule has 0 aliphatic heterocycles. The Morgan fingerprint density at radius 3 is 2.48 bits per heavy atom. The van der Waals surface area contributed by atoms with Crippen molar-refractivity contribution >= 4 is 62.9 Å². The molecule has 29 heavy (non-hydrogen) atoms. The van der Waals surface area contributed by atoms with Crippen molar-refractivity contribution in [1.29, 1.82) is 0 Å². The van der Waals surface area contributed by atoms with Crippen molar-refractivity contribution < 1.29 is 9.53 Å². The molecule has 0 aliphatic carbocycles. The van der Waals surface area contributed by atoms with Gasteiger partial charge < -0.3 is 4.74 Å². The van der Waals surface area contributed by atoms with Crippen LogP contribution in [0.5, 0.6) is 5.75 Å². The van der Waals surface area contributed by atoms with Gasteiger partial charge in [0.15, 0.2) is 5.75 Å². The summed E-state index contributed by atoms with van der Waals surface area (Å²) in [6, 6.07) is 14.1. The van der Waals surface area contributed by atoms with Gasteiger partial charge in [0.25, 0.3) is 5.91 Å². The van der Waals surface area contributed by atoms with E-state index >= 15 is 0 Å². The van der Waals surface area contributed by atoms with E-state index in [-0.39, 0.29) is 10.7 Å². The second kappa shape index (κ2) is 10.1. The Morgan fingerprint density at radius 2 is 1.83 bits per heavy atom. The number of hydrazone groups is 1. The van der Waals surface area contributed by atoms with E-state index in [2.05, 4.69) is 31.4 Å². The number of hydrogen-bond donors (Lipinski definition) is 1. The lowest BCUT2D eigenvalue weighted by molar-refractivity contribution is 0.0955. The van der Waals surface area contributed by atoms with Crippen LogP contribution in [0.25, 0.3) is 0 Å². The second-order valence-electron chi connectivity index (χ2n) is 5.77. The third-order valence-electron chi connectivity index (χ3n) is 3.70. The molecule has 0 radical (unpaired) electrons. The average Bonchev–Trinajstić information content (AvgIpc) is 2.69. The minimum atomic E-state index is -0.481. The SMILES string of the molecule is O=C(NN=Cc1cc(Cl)c(OCc2ccc(Br)cc2)c(Cl)c1)c1cccnc1Cl. The van der Waals surface area contributed by atoms with E-state index in [0.29, 0.717) is 28.0 Å². The van der Waals surface area contributed by atoms with Crippen LogP contribution in [-0.2, 0) is 6.61 Å². The topological polar surface area (TPSA) is 63.6 Å². The van der Waals surface area contributed by atoms with Gasteiger partial charge in [0.05, 0.1) is 21.8 Å². The Balaban J connectivity index is 1.65. The van der Waals surface area contributed by atoms with Crippen molar-refractivity contribution in [3.63, 3.8) is 0 Å². The zero-order valence-electron chi connectivity index (χ0n) is 14.7. The zero-order chi connectivity index (χ0) is 20.8. The highest BCUT2D eigenvalue weighted by Gasteiger charge is 2.11. The largest absolute Gasteiger partial charge is 0.486 e. The lowest BCUT2D eigenvalue weighted by Gasteiger charge is -2.11. The molecule has 0 unspecified atom stereocenters. The van der Waals surface area contributed by atoms with Gasteiger partial charge in [-0.05, 0) is 47.5 Å². The van der Waals surface area contributed by atoms with E-state index in [9.17, 15) is 4.79 Å². The van der Waals surface area contributed by atoms with Gasteiger partial charge in [-0.2, -0.15) is 5.10 Å². The molecule has 0 bridgehead atoms. The summed E-state index contributed by atoms with van der Waals surface area (Å²) in [5.41, 5.74) is 4.17. The summed E-state index contributed by atoms with van der Waals surface area (Å²) in [7, 11) is 0. The van der Waals surface area contributed by atoms with Crippen molar-refractivity contribution in [2.75, 3.05) is 0 Å². The fourth-order valence-corrected chi connectivity index (χ4v) is 3.39. The molecule has 5 nitrogen and oxygen atoms in total. The minimum Gasteiger partial charge on any atom is -0.486 e. The molecule has 0 fully saturated rings. The molecule has 0 saturated carbocycles. The third kappa shape index (κ3) is 5.93. The molecule has 1 heterocycles. The van der Waals surface area contributed by atoms with E-state index < -0.39 is 5.91 Å². The van der Waals surface area contributed by atoms with Crippen molar-refractivity contribution in [2.24, 2.45) is 5.10 Å². The van der Waals surface area contributed by atoms with Crippen molar-refractivity contribution in [2.45, 2.75) is 6.61 Å². The molecule has 0 atom stereocenters. The number of amides is 1. The van der Waals surface area contributed by atoms with Gasteiger partial charge in [-0.15, -0.1) is 0 Å². The highest BCUT2D eigenvalue weighted by Crippen LogP contribution is 2.34. The lowest BCUT2D eigenvalue weighted by Crippen LogP contribution is -2.18. The van der Waals surface area contributed by atoms with E-state index in [4.69, 9.17) is 39.5 Å². The average molecular weight is 514 g/mol. The smallest absolute Gasteiger partial charge is 0.274 e. The first kappa shape index (κ1) is 21.6. The van der Waals surface area contributed by atoms with Gasteiger partial charge in [0.1, 0.15) is 11.8 Å². The Morgan fingerprint density at radius 1 is 1.14 bits per heavy atom. The fourth-order valence-electron chi connectivity index (χ4n) is 2.31. The molecular formula is C20H13BrCl3N3O2. The second-order valence-corrected chi connectivity index (χ2v) is 7.86. The molecule has 3 rings (SSSR count). The van der Waals surface area contributed by atoms with E-state index in [0.717, 1.165) is 10.0 Å². The number of rotatable bonds is 6. The van der Waals surface area contributed by atoms with Crippen LogP contribution in [0.2, 0.25) is 15.2 Å². The number of carbonyl (C=O) groups excluding carboxylic acids is 1. The predicted octanol–water partition coefficient (Wildman–Crippen LogP) is 6.15. The molecule has 9 heteroatoms. The van der Waals surface area contributed by atoms with Crippen LogP contribution in [0.15, 0.2) is 64.3 Å². The summed E-state index contributed by atoms with van der Waals surface area (Å²) < 4.78 is 6.73. The van der Waals surface area contributed by atoms with Gasteiger partial charge in [-0.3, -0.25) is 4.79 Å². The summed E-state index contributed by atoms with van der Waals surface area (Å²) in [4.78, 5) is 15.9. The number of pyridine rings is 1. The maximum absolute atomic E-state index is 12.1. The van der Waals surface area contributed by atoms with Crippen LogP contribution in [0.3, 0.4) is 0 Å². The number of aromatic nitrogens is 1. The van der Waals surface area contributed by atoms with E-state index in [1.165, 1.54) is 12.4 Å². The van der Waals surface area contributed by atoms with Crippen LogP contribution in [-0.4, -0.2) is 17.1 Å². The summed E-state index contributed by atoms with van der Waals surface area (Å²) >= 11 is 21.9. The van der Waals surface area contributed by atoms with Gasteiger partial charge >= 0.3 is 0 Å². The maximum Gasteiger partial charge on any atom is 0.274 e. The molecule has 1 amide bonds. The normalized spacial score (nSPS) is 10.9. The zero-order valence-corrected chi connectivity index (χ0v) is 18.6. The van der Waals surface area contributed by atoms with Crippen LogP contribution in [0, 0.1) is 0 Å². The standard InChI is InChI=1S/C20H13BrCl3N3O2/c21-14-5-3-12(4-6-14)11-29-18-16(22)8-13(9-17(18)23)10-26-27-20(28)15-2-1-7-25-19(15)24/h1-10H,11H2,(H,27,28). The summed E-state index contributed by atoms with van der Waals surface area (Å²) in [6.07, 6.45) is 2.91. The van der Waals surface area contributed by atoms with Crippen molar-refractivity contribution in [3.8, 4) is 5.75 Å². The van der Waals surface area contributed by atoms with Crippen molar-refractivity contribution in [1.82, 2.24) is 10.4 Å². The number of halogens is 4. The lowest BCUT2D eigenvalue weighted by atomic mass is 10.2. The number of carbonyl (C=O) groups is 1. The molecule has 1 aromatic heterocycles. The monoisotopic (exact) mass is 511 g/mol. The first-order valence-electron chi connectivity index (χ1n) is 8.24. The fraction of sp³-hybridized carbons (Fsp3) is 0.0500. The van der Waals surface area contributed by atoms with Crippen LogP contribution < -0.4 is 10.2 Å². The molecule has 3 aromatic rings. The van der Waals surface area contributed by atoms with Gasteiger partial charge in [0, 0.05) is 10.7 Å². The summed E-state index contributed by atoms with van der Waals surface area (Å²) in [5, 5.41) is 4.66. The number of ether oxygens (including phenoxy) is 1.